The molecule has 11 heavy (non-hydrogen) atoms. The fourth-order valence-electron chi connectivity index (χ4n) is 0.139. The summed E-state index contributed by atoms with van der Waals surface area (Å²) in [5, 5.41) is 0. The van der Waals surface area contributed by atoms with Gasteiger partial charge in [-0.05, 0) is 0 Å². The fraction of sp³-hybridized carbons (Fsp3) is 0. The van der Waals surface area contributed by atoms with Gasteiger partial charge in [-0.15, -0.1) is 0 Å². The Bertz CT molecular complexity index is 162. The van der Waals surface area contributed by atoms with Gasteiger partial charge in [0.1, 0.15) is 0 Å². The van der Waals surface area contributed by atoms with Crippen LogP contribution in [0, 0.1) is 0 Å². The molecule has 0 aromatic rings. The zero-order valence-electron chi connectivity index (χ0n) is 6.26. The standard InChI is InChI=1S/Fe.Na.H4O7P2.H/c;;1-8(2,3)7-9(4,5)6;/h;;(H2,1,2,3)(H2,4,5,6);/q;+1;;-1. The van der Waals surface area contributed by atoms with Gasteiger partial charge in [0, 0.05) is 17.1 Å². The Morgan fingerprint density at radius 2 is 1.18 bits per heavy atom. The van der Waals surface area contributed by atoms with Crippen LogP contribution >= 0.6 is 15.6 Å². The van der Waals surface area contributed by atoms with Crippen molar-refractivity contribution in [2.75, 3.05) is 0 Å². The van der Waals surface area contributed by atoms with E-state index >= 15 is 0 Å². The molecule has 0 heterocycles. The molecule has 0 aliphatic rings. The maximum absolute atomic E-state index is 9.63. The van der Waals surface area contributed by atoms with E-state index in [1.54, 1.807) is 0 Å². The normalized spacial score (nSPS) is 11.3. The zero-order valence-corrected chi connectivity index (χ0v) is 10.2. The van der Waals surface area contributed by atoms with Crippen LogP contribution in [0.2, 0.25) is 0 Å². The van der Waals surface area contributed by atoms with E-state index in [-0.39, 0.29) is 48.1 Å². The molecular formula is H5FeNaO7P2. The van der Waals surface area contributed by atoms with Gasteiger partial charge >= 0.3 is 45.2 Å². The minimum atomic E-state index is -5.05. The van der Waals surface area contributed by atoms with E-state index in [0.717, 1.165) is 0 Å². The quantitative estimate of drug-likeness (QED) is 0.296. The Hall–Kier alpha value is 1.78. The number of hydrogen-bond acceptors (Lipinski definition) is 3. The number of hydrogen-bond donors (Lipinski definition) is 4. The topological polar surface area (TPSA) is 124 Å². The number of phosphoric acid groups is 2. The number of rotatable bonds is 2. The van der Waals surface area contributed by atoms with Crippen LogP contribution in [0.1, 0.15) is 1.43 Å². The van der Waals surface area contributed by atoms with Gasteiger partial charge in [-0.1, -0.05) is 0 Å². The van der Waals surface area contributed by atoms with E-state index in [2.05, 4.69) is 4.31 Å². The van der Waals surface area contributed by atoms with Crippen LogP contribution in [0.5, 0.6) is 0 Å². The molecule has 0 aliphatic carbocycles. The van der Waals surface area contributed by atoms with Crippen LogP contribution in [0.15, 0.2) is 0 Å². The molecule has 0 aliphatic heterocycles. The van der Waals surface area contributed by atoms with Crippen molar-refractivity contribution < 1.29 is 81.1 Å². The SMILES string of the molecule is O=P(O)(O)OP(=O)(O)O.[Fe].[H-].[Na+]. The largest absolute Gasteiger partial charge is 1.00 e. The molecule has 11 heteroatoms. The summed E-state index contributed by atoms with van der Waals surface area (Å²) >= 11 is 0. The summed E-state index contributed by atoms with van der Waals surface area (Å²) in [5.41, 5.74) is 0. The Morgan fingerprint density at radius 3 is 1.18 bits per heavy atom. The molecule has 0 radical (unpaired) electrons. The summed E-state index contributed by atoms with van der Waals surface area (Å²) < 4.78 is 22.2. The van der Waals surface area contributed by atoms with Gasteiger partial charge in [0.05, 0.1) is 0 Å². The second-order valence-corrected chi connectivity index (χ2v) is 3.68. The van der Waals surface area contributed by atoms with E-state index in [9.17, 15) is 9.13 Å². The minimum Gasteiger partial charge on any atom is -1.00 e. The molecule has 0 spiro atoms. The molecule has 0 saturated carbocycles. The molecule has 0 fully saturated rings. The summed E-state index contributed by atoms with van der Waals surface area (Å²) in [7, 11) is -10.1. The van der Waals surface area contributed by atoms with Crippen LogP contribution in [-0.2, 0) is 30.5 Å². The van der Waals surface area contributed by atoms with Crippen LogP contribution in [0.3, 0.4) is 0 Å². The summed E-state index contributed by atoms with van der Waals surface area (Å²) in [6.07, 6.45) is 0. The molecule has 0 unspecified atom stereocenters. The van der Waals surface area contributed by atoms with E-state index in [0.29, 0.717) is 0 Å². The van der Waals surface area contributed by atoms with E-state index < -0.39 is 15.6 Å². The third-order valence-corrected chi connectivity index (χ3v) is 1.91. The van der Waals surface area contributed by atoms with Crippen LogP contribution in [-0.4, -0.2) is 19.6 Å². The Labute approximate surface area is 96.3 Å². The molecule has 0 rings (SSSR count). The summed E-state index contributed by atoms with van der Waals surface area (Å²) in [4.78, 5) is 31.0. The van der Waals surface area contributed by atoms with Crippen LogP contribution in [0.25, 0.3) is 0 Å². The first-order chi connectivity index (χ1) is 3.71. The predicted octanol–water partition coefficient (Wildman–Crippen LogP) is -3.70. The van der Waals surface area contributed by atoms with E-state index in [4.69, 9.17) is 19.6 Å². The molecule has 4 N–H and O–H groups in total. The smallest absolute Gasteiger partial charge is 1.00 e. The van der Waals surface area contributed by atoms with Gasteiger partial charge in [-0.2, -0.15) is 4.31 Å². The van der Waals surface area contributed by atoms with Crippen molar-refractivity contribution in [2.45, 2.75) is 0 Å². The molecule has 66 valence electrons. The van der Waals surface area contributed by atoms with E-state index in [1.807, 2.05) is 0 Å². The first-order valence-corrected chi connectivity index (χ1v) is 4.59. The minimum absolute atomic E-state index is 0. The van der Waals surface area contributed by atoms with Crippen molar-refractivity contribution in [1.29, 1.82) is 0 Å². The molecule has 0 aromatic carbocycles. The third-order valence-electron chi connectivity index (χ3n) is 0.213. The molecule has 0 atom stereocenters. The first kappa shape index (κ1) is 18.5. The molecular weight excluding hydrogens is 253 g/mol. The van der Waals surface area contributed by atoms with Crippen LogP contribution in [0.4, 0.5) is 0 Å². The van der Waals surface area contributed by atoms with Crippen molar-refractivity contribution in [3.63, 3.8) is 0 Å². The Morgan fingerprint density at radius 1 is 1.00 bits per heavy atom. The van der Waals surface area contributed by atoms with Gasteiger partial charge in [0.25, 0.3) is 0 Å². The molecule has 0 bridgehead atoms. The summed E-state index contributed by atoms with van der Waals surface area (Å²) in [6, 6.07) is 0. The maximum atomic E-state index is 9.63. The average Bonchev–Trinajstić information content (AvgIpc) is 1.14. The van der Waals surface area contributed by atoms with Crippen molar-refractivity contribution in [3.05, 3.63) is 0 Å². The average molecular weight is 258 g/mol. The fourth-order valence-corrected chi connectivity index (χ4v) is 1.25. The van der Waals surface area contributed by atoms with Gasteiger partial charge in [0.15, 0.2) is 0 Å². The van der Waals surface area contributed by atoms with Gasteiger partial charge in [-0.3, -0.25) is 0 Å². The monoisotopic (exact) mass is 258 g/mol. The molecule has 0 amide bonds. The van der Waals surface area contributed by atoms with Gasteiger partial charge in [-0.25, -0.2) is 9.13 Å². The Balaban J connectivity index is -0.000000107. The molecule has 0 aromatic heterocycles. The van der Waals surface area contributed by atoms with Gasteiger partial charge in [0.2, 0.25) is 0 Å². The van der Waals surface area contributed by atoms with Crippen molar-refractivity contribution in [2.24, 2.45) is 0 Å². The third kappa shape index (κ3) is 18.6. The molecule has 0 saturated heterocycles. The Kier molecular flexibility index (Phi) is 10.6. The second-order valence-electron chi connectivity index (χ2n) is 1.06. The zero-order chi connectivity index (χ0) is 7.71. The van der Waals surface area contributed by atoms with Crippen molar-refractivity contribution in [3.8, 4) is 0 Å². The molecule has 7 nitrogen and oxygen atoms in total. The van der Waals surface area contributed by atoms with Gasteiger partial charge < -0.3 is 21.0 Å². The maximum Gasteiger partial charge on any atom is 1.00 e. The van der Waals surface area contributed by atoms with Crippen LogP contribution < -0.4 is 29.6 Å². The van der Waals surface area contributed by atoms with E-state index in [1.165, 1.54) is 0 Å². The second kappa shape index (κ2) is 6.27. The van der Waals surface area contributed by atoms with Crippen molar-refractivity contribution in [1.82, 2.24) is 0 Å². The summed E-state index contributed by atoms with van der Waals surface area (Å²) in [6.45, 7) is 0. The summed E-state index contributed by atoms with van der Waals surface area (Å²) in [5.74, 6) is 0. The first-order valence-electron chi connectivity index (χ1n) is 1.53. The predicted molar refractivity (Wildman–Crippen MR) is 26.3 cm³/mol. The van der Waals surface area contributed by atoms with Crippen molar-refractivity contribution >= 4 is 15.6 Å².